The van der Waals surface area contributed by atoms with E-state index >= 15 is 0 Å². The van der Waals surface area contributed by atoms with Crippen molar-refractivity contribution in [1.82, 2.24) is 4.90 Å². The summed E-state index contributed by atoms with van der Waals surface area (Å²) in [5.74, 6) is -0.388. The van der Waals surface area contributed by atoms with Gasteiger partial charge in [0.25, 0.3) is 0 Å². The second kappa shape index (κ2) is 5.70. The molecule has 0 radical (unpaired) electrons. The molecule has 1 aromatic rings. The van der Waals surface area contributed by atoms with Crippen molar-refractivity contribution in [2.75, 3.05) is 7.05 Å². The third kappa shape index (κ3) is 3.77. The number of hydrogen-bond acceptors (Lipinski definition) is 2. The smallest absolute Gasteiger partial charge is 0.240 e. The lowest BCUT2D eigenvalue weighted by molar-refractivity contribution is -0.135. The molecule has 1 amide bonds. The van der Waals surface area contributed by atoms with Crippen LogP contribution in [0.25, 0.3) is 0 Å². The Bertz CT molecular complexity index is 436. The number of carbonyl (C=O) groups is 1. The minimum absolute atomic E-state index is 0.107. The van der Waals surface area contributed by atoms with Gasteiger partial charge in [-0.15, -0.1) is 0 Å². The van der Waals surface area contributed by atoms with Crippen molar-refractivity contribution in [3.8, 4) is 0 Å². The van der Waals surface area contributed by atoms with E-state index in [1.54, 1.807) is 24.1 Å². The molecule has 19 heavy (non-hydrogen) atoms. The number of likely N-dealkylation sites (N-methyl/N-ethyl adjacent to an activating group) is 1. The fraction of sp³-hybridized carbons (Fsp3) is 0.533. The first-order valence-electron chi connectivity index (χ1n) is 6.42. The van der Waals surface area contributed by atoms with Gasteiger partial charge in [-0.1, -0.05) is 32.9 Å². The molecule has 2 atom stereocenters. The van der Waals surface area contributed by atoms with Crippen LogP contribution in [0, 0.1) is 11.2 Å². The average molecular weight is 266 g/mol. The molecule has 2 unspecified atom stereocenters. The number of carbonyl (C=O) groups excluding carboxylic acids is 1. The van der Waals surface area contributed by atoms with Crippen LogP contribution in [0.5, 0.6) is 0 Å². The maximum Gasteiger partial charge on any atom is 0.240 e. The first-order valence-corrected chi connectivity index (χ1v) is 6.42. The van der Waals surface area contributed by atoms with Crippen LogP contribution in [0.15, 0.2) is 24.3 Å². The molecule has 2 N–H and O–H groups in total. The van der Waals surface area contributed by atoms with Gasteiger partial charge in [0, 0.05) is 7.05 Å². The molecule has 0 aliphatic heterocycles. The van der Waals surface area contributed by atoms with Crippen molar-refractivity contribution in [1.29, 1.82) is 0 Å². The van der Waals surface area contributed by atoms with Gasteiger partial charge in [0.1, 0.15) is 5.82 Å². The largest absolute Gasteiger partial charge is 0.338 e. The standard InChI is InChI=1S/C15H23FN2O/c1-10(11-6-8-12(16)9-7-11)18(5)14(19)13(17)15(2,3)4/h6-10,13H,17H2,1-5H3. The van der Waals surface area contributed by atoms with Crippen LogP contribution >= 0.6 is 0 Å². The molecule has 0 aromatic heterocycles. The third-order valence-electron chi connectivity index (χ3n) is 3.48. The van der Waals surface area contributed by atoms with E-state index in [0.29, 0.717) is 0 Å². The van der Waals surface area contributed by atoms with Gasteiger partial charge in [0.2, 0.25) is 5.91 Å². The van der Waals surface area contributed by atoms with Gasteiger partial charge >= 0.3 is 0 Å². The van der Waals surface area contributed by atoms with Gasteiger partial charge in [-0.2, -0.15) is 0 Å². The van der Waals surface area contributed by atoms with E-state index in [1.165, 1.54) is 12.1 Å². The quantitative estimate of drug-likeness (QED) is 0.914. The Morgan fingerprint density at radius 2 is 1.74 bits per heavy atom. The molecule has 106 valence electrons. The fourth-order valence-electron chi connectivity index (χ4n) is 1.75. The Morgan fingerprint density at radius 3 is 2.16 bits per heavy atom. The summed E-state index contributed by atoms with van der Waals surface area (Å²) in [6.07, 6.45) is 0. The molecule has 0 heterocycles. The van der Waals surface area contributed by atoms with Crippen molar-refractivity contribution in [2.24, 2.45) is 11.1 Å². The highest BCUT2D eigenvalue weighted by Crippen LogP contribution is 2.24. The van der Waals surface area contributed by atoms with Crippen LogP contribution < -0.4 is 5.73 Å². The summed E-state index contributed by atoms with van der Waals surface area (Å²) < 4.78 is 12.9. The zero-order valence-corrected chi connectivity index (χ0v) is 12.3. The molecule has 4 heteroatoms. The maximum atomic E-state index is 12.9. The van der Waals surface area contributed by atoms with Crippen molar-refractivity contribution in [2.45, 2.75) is 39.8 Å². The maximum absolute atomic E-state index is 12.9. The van der Waals surface area contributed by atoms with E-state index in [2.05, 4.69) is 0 Å². The predicted molar refractivity (Wildman–Crippen MR) is 75.0 cm³/mol. The van der Waals surface area contributed by atoms with E-state index in [1.807, 2.05) is 27.7 Å². The Morgan fingerprint density at radius 1 is 1.26 bits per heavy atom. The number of rotatable bonds is 3. The second-order valence-electron chi connectivity index (χ2n) is 6.02. The summed E-state index contributed by atoms with van der Waals surface area (Å²) in [5.41, 5.74) is 6.59. The van der Waals surface area contributed by atoms with E-state index < -0.39 is 6.04 Å². The highest BCUT2D eigenvalue weighted by atomic mass is 19.1. The molecule has 0 aliphatic carbocycles. The molecule has 1 rings (SSSR count). The zero-order valence-electron chi connectivity index (χ0n) is 12.3. The topological polar surface area (TPSA) is 46.3 Å². The van der Waals surface area contributed by atoms with Crippen molar-refractivity contribution < 1.29 is 9.18 Å². The minimum Gasteiger partial charge on any atom is -0.338 e. The number of hydrogen-bond donors (Lipinski definition) is 1. The normalized spacial score (nSPS) is 14.9. The number of amides is 1. The molecule has 0 spiro atoms. The Labute approximate surface area is 114 Å². The number of benzene rings is 1. The monoisotopic (exact) mass is 266 g/mol. The predicted octanol–water partition coefficient (Wildman–Crippen LogP) is 2.72. The summed E-state index contributed by atoms with van der Waals surface area (Å²) in [6.45, 7) is 7.71. The fourth-order valence-corrected chi connectivity index (χ4v) is 1.75. The van der Waals surface area contributed by atoms with Crippen LogP contribution in [0.4, 0.5) is 4.39 Å². The number of nitrogens with two attached hydrogens (primary N) is 1. The highest BCUT2D eigenvalue weighted by molar-refractivity contribution is 5.82. The van der Waals surface area contributed by atoms with E-state index in [9.17, 15) is 9.18 Å². The van der Waals surface area contributed by atoms with Gasteiger partial charge in [-0.05, 0) is 30.0 Å². The lowest BCUT2D eigenvalue weighted by Gasteiger charge is -2.33. The molecule has 0 bridgehead atoms. The molecule has 1 aromatic carbocycles. The van der Waals surface area contributed by atoms with Crippen LogP contribution in [0.1, 0.15) is 39.3 Å². The van der Waals surface area contributed by atoms with E-state index in [4.69, 9.17) is 5.73 Å². The van der Waals surface area contributed by atoms with Crippen molar-refractivity contribution >= 4 is 5.91 Å². The Hall–Kier alpha value is -1.42. The SMILES string of the molecule is CC(c1ccc(F)cc1)N(C)C(=O)C(N)C(C)(C)C. The molecule has 0 fully saturated rings. The molecular weight excluding hydrogens is 243 g/mol. The summed E-state index contributed by atoms with van der Waals surface area (Å²) in [7, 11) is 1.72. The summed E-state index contributed by atoms with van der Waals surface area (Å²) in [5, 5.41) is 0. The van der Waals surface area contributed by atoms with Gasteiger partial charge in [0.15, 0.2) is 0 Å². The van der Waals surface area contributed by atoms with Crippen molar-refractivity contribution in [3.05, 3.63) is 35.6 Å². The van der Waals surface area contributed by atoms with E-state index in [0.717, 1.165) is 5.56 Å². The van der Waals surface area contributed by atoms with Crippen LogP contribution in [-0.4, -0.2) is 23.9 Å². The lowest BCUT2D eigenvalue weighted by Crippen LogP contribution is -2.49. The Kier molecular flexibility index (Phi) is 4.69. The minimum atomic E-state index is -0.555. The third-order valence-corrected chi connectivity index (χ3v) is 3.48. The molecule has 3 nitrogen and oxygen atoms in total. The number of halogens is 1. The Balaban J connectivity index is 2.85. The average Bonchev–Trinajstić information content (AvgIpc) is 2.35. The molecular formula is C15H23FN2O. The zero-order chi connectivity index (χ0) is 14.8. The summed E-state index contributed by atoms with van der Waals surface area (Å²) in [4.78, 5) is 13.9. The first kappa shape index (κ1) is 15.6. The number of nitrogens with zero attached hydrogens (tertiary/aromatic N) is 1. The summed E-state index contributed by atoms with van der Waals surface area (Å²) in [6, 6.07) is 5.47. The first-order chi connectivity index (χ1) is 8.64. The van der Waals surface area contributed by atoms with Gasteiger partial charge in [-0.25, -0.2) is 4.39 Å². The second-order valence-corrected chi connectivity index (χ2v) is 6.02. The van der Waals surface area contributed by atoms with Crippen LogP contribution in [-0.2, 0) is 4.79 Å². The molecule has 0 aliphatic rings. The highest BCUT2D eigenvalue weighted by Gasteiger charge is 2.31. The van der Waals surface area contributed by atoms with Crippen molar-refractivity contribution in [3.63, 3.8) is 0 Å². The lowest BCUT2D eigenvalue weighted by atomic mass is 9.86. The van der Waals surface area contributed by atoms with Crippen LogP contribution in [0.3, 0.4) is 0 Å². The molecule has 0 saturated heterocycles. The van der Waals surface area contributed by atoms with Crippen LogP contribution in [0.2, 0.25) is 0 Å². The van der Waals surface area contributed by atoms with Gasteiger partial charge < -0.3 is 10.6 Å². The van der Waals surface area contributed by atoms with Gasteiger partial charge in [0.05, 0.1) is 12.1 Å². The van der Waals surface area contributed by atoms with E-state index in [-0.39, 0.29) is 23.2 Å². The van der Waals surface area contributed by atoms with Gasteiger partial charge in [-0.3, -0.25) is 4.79 Å². The molecule has 0 saturated carbocycles. The summed E-state index contributed by atoms with van der Waals surface area (Å²) >= 11 is 0.